The first kappa shape index (κ1) is 13.3. The Morgan fingerprint density at radius 2 is 2.06 bits per heavy atom. The highest BCUT2D eigenvalue weighted by Gasteiger charge is 2.29. The number of hydrogen-bond donors (Lipinski definition) is 0. The lowest BCUT2D eigenvalue weighted by molar-refractivity contribution is 0.0569. The molecule has 0 aromatic heterocycles. The number of methoxy groups -OCH3 is 1. The molecule has 2 saturated heterocycles. The summed E-state index contributed by atoms with van der Waals surface area (Å²) in [7, 11) is 1.71. The lowest BCUT2D eigenvalue weighted by atomic mass is 10.1. The predicted molar refractivity (Wildman–Crippen MR) is 68.3 cm³/mol. The minimum atomic E-state index is 0.709. The summed E-state index contributed by atoms with van der Waals surface area (Å²) < 4.78 is 10.4. The van der Waals surface area contributed by atoms with Crippen molar-refractivity contribution in [2.45, 2.75) is 25.3 Å². The summed E-state index contributed by atoms with van der Waals surface area (Å²) in [6.45, 7) is 8.62. The van der Waals surface area contributed by atoms with E-state index in [1.807, 2.05) is 0 Å². The quantitative estimate of drug-likeness (QED) is 0.617. The van der Waals surface area contributed by atoms with Crippen molar-refractivity contribution >= 4 is 0 Å². The Morgan fingerprint density at radius 3 is 2.94 bits per heavy atom. The molecule has 0 radical (unpaired) electrons. The fourth-order valence-electron chi connectivity index (χ4n) is 2.89. The van der Waals surface area contributed by atoms with Crippen LogP contribution in [0.4, 0.5) is 0 Å². The molecule has 2 aliphatic heterocycles. The van der Waals surface area contributed by atoms with Crippen LogP contribution in [-0.2, 0) is 9.47 Å². The Hall–Kier alpha value is -0.160. The summed E-state index contributed by atoms with van der Waals surface area (Å²) in [6.07, 6.45) is 3.95. The van der Waals surface area contributed by atoms with Gasteiger partial charge in [-0.1, -0.05) is 0 Å². The predicted octanol–water partition coefficient (Wildman–Crippen LogP) is 0.820. The highest BCUT2D eigenvalue weighted by molar-refractivity contribution is 4.86. The SMILES string of the molecule is COCCOCCCN1CCN2CCCC2C1. The molecule has 1 atom stereocenters. The molecule has 2 heterocycles. The third-order valence-electron chi connectivity index (χ3n) is 3.87. The van der Waals surface area contributed by atoms with E-state index in [2.05, 4.69) is 9.80 Å². The molecular weight excluding hydrogens is 216 g/mol. The van der Waals surface area contributed by atoms with Gasteiger partial charge in [0.15, 0.2) is 0 Å². The van der Waals surface area contributed by atoms with Crippen LogP contribution < -0.4 is 0 Å². The first-order valence-corrected chi connectivity index (χ1v) is 6.93. The van der Waals surface area contributed by atoms with Gasteiger partial charge in [-0.3, -0.25) is 4.90 Å². The number of piperazine rings is 1. The first-order valence-electron chi connectivity index (χ1n) is 6.93. The Kier molecular flexibility index (Phi) is 5.71. The van der Waals surface area contributed by atoms with Crippen LogP contribution >= 0.6 is 0 Å². The highest BCUT2D eigenvalue weighted by Crippen LogP contribution is 2.21. The molecule has 0 saturated carbocycles. The van der Waals surface area contributed by atoms with Gasteiger partial charge in [0.2, 0.25) is 0 Å². The fourth-order valence-corrected chi connectivity index (χ4v) is 2.89. The number of hydrogen-bond acceptors (Lipinski definition) is 4. The molecule has 0 N–H and O–H groups in total. The highest BCUT2D eigenvalue weighted by atomic mass is 16.5. The first-order chi connectivity index (χ1) is 8.40. The number of rotatable bonds is 7. The normalized spacial score (nSPS) is 26.3. The van der Waals surface area contributed by atoms with Gasteiger partial charge in [-0.15, -0.1) is 0 Å². The molecule has 100 valence electrons. The third-order valence-corrected chi connectivity index (χ3v) is 3.87. The zero-order valence-electron chi connectivity index (χ0n) is 11.1. The maximum Gasteiger partial charge on any atom is 0.0700 e. The largest absolute Gasteiger partial charge is 0.382 e. The summed E-state index contributed by atoms with van der Waals surface area (Å²) in [4.78, 5) is 5.26. The molecule has 0 aromatic rings. The molecule has 0 amide bonds. The zero-order chi connectivity index (χ0) is 11.9. The number of nitrogens with zero attached hydrogens (tertiary/aromatic N) is 2. The van der Waals surface area contributed by atoms with Crippen molar-refractivity contribution in [1.29, 1.82) is 0 Å². The smallest absolute Gasteiger partial charge is 0.0700 e. The van der Waals surface area contributed by atoms with Crippen LogP contribution in [0.25, 0.3) is 0 Å². The maximum absolute atomic E-state index is 5.49. The number of ether oxygens (including phenoxy) is 2. The summed E-state index contributed by atoms with van der Waals surface area (Å²) in [5, 5.41) is 0. The van der Waals surface area contributed by atoms with Crippen LogP contribution in [0, 0.1) is 0 Å². The van der Waals surface area contributed by atoms with Gasteiger partial charge in [0.1, 0.15) is 0 Å². The van der Waals surface area contributed by atoms with Crippen molar-refractivity contribution in [3.05, 3.63) is 0 Å². The topological polar surface area (TPSA) is 24.9 Å². The molecule has 1 unspecified atom stereocenters. The molecule has 4 heteroatoms. The van der Waals surface area contributed by atoms with Crippen LogP contribution in [-0.4, -0.2) is 75.5 Å². The maximum atomic E-state index is 5.49. The third kappa shape index (κ3) is 4.21. The van der Waals surface area contributed by atoms with E-state index in [1.54, 1.807) is 7.11 Å². The fraction of sp³-hybridized carbons (Fsp3) is 1.00. The van der Waals surface area contributed by atoms with Crippen LogP contribution in [0.2, 0.25) is 0 Å². The lowest BCUT2D eigenvalue weighted by Gasteiger charge is -2.37. The molecule has 2 aliphatic rings. The van der Waals surface area contributed by atoms with E-state index < -0.39 is 0 Å². The van der Waals surface area contributed by atoms with E-state index in [9.17, 15) is 0 Å². The van der Waals surface area contributed by atoms with E-state index in [0.717, 1.165) is 25.7 Å². The van der Waals surface area contributed by atoms with Gasteiger partial charge >= 0.3 is 0 Å². The van der Waals surface area contributed by atoms with Crippen molar-refractivity contribution in [3.63, 3.8) is 0 Å². The van der Waals surface area contributed by atoms with Crippen molar-refractivity contribution in [3.8, 4) is 0 Å². The Labute approximate surface area is 105 Å². The summed E-state index contributed by atoms with van der Waals surface area (Å²) in [5.41, 5.74) is 0. The minimum absolute atomic E-state index is 0.709. The summed E-state index contributed by atoms with van der Waals surface area (Å²) in [5.74, 6) is 0. The van der Waals surface area contributed by atoms with Crippen molar-refractivity contribution in [1.82, 2.24) is 9.80 Å². The average Bonchev–Trinajstić information content (AvgIpc) is 2.81. The summed E-state index contributed by atoms with van der Waals surface area (Å²) >= 11 is 0. The zero-order valence-corrected chi connectivity index (χ0v) is 11.1. The molecule has 0 bridgehead atoms. The van der Waals surface area contributed by atoms with Gasteiger partial charge in [0.05, 0.1) is 13.2 Å². The van der Waals surface area contributed by atoms with E-state index in [0.29, 0.717) is 6.61 Å². The molecule has 4 nitrogen and oxygen atoms in total. The van der Waals surface area contributed by atoms with Crippen LogP contribution in [0.1, 0.15) is 19.3 Å². The second-order valence-electron chi connectivity index (χ2n) is 5.09. The molecule has 0 aromatic carbocycles. The number of fused-ring (bicyclic) bond motifs is 1. The van der Waals surface area contributed by atoms with Gasteiger partial charge < -0.3 is 14.4 Å². The molecule has 17 heavy (non-hydrogen) atoms. The van der Waals surface area contributed by atoms with Crippen molar-refractivity contribution in [2.75, 3.05) is 59.7 Å². The molecule has 0 aliphatic carbocycles. The lowest BCUT2D eigenvalue weighted by Crippen LogP contribution is -2.50. The van der Waals surface area contributed by atoms with Crippen molar-refractivity contribution < 1.29 is 9.47 Å². The Balaban J connectivity index is 1.51. The Bertz CT molecular complexity index is 214. The standard InChI is InChI=1S/C13H26N2O2/c1-16-10-11-17-9-3-5-14-7-8-15-6-2-4-13(15)12-14/h13H,2-12H2,1H3. The average molecular weight is 242 g/mol. The van der Waals surface area contributed by atoms with E-state index in [-0.39, 0.29) is 0 Å². The Morgan fingerprint density at radius 1 is 1.12 bits per heavy atom. The molecule has 2 rings (SSSR count). The van der Waals surface area contributed by atoms with Crippen LogP contribution in [0.15, 0.2) is 0 Å². The summed E-state index contributed by atoms with van der Waals surface area (Å²) in [6, 6.07) is 0.846. The van der Waals surface area contributed by atoms with Crippen molar-refractivity contribution in [2.24, 2.45) is 0 Å². The van der Waals surface area contributed by atoms with Gasteiger partial charge in [-0.25, -0.2) is 0 Å². The monoisotopic (exact) mass is 242 g/mol. The molecule has 2 fully saturated rings. The second kappa shape index (κ2) is 7.31. The minimum Gasteiger partial charge on any atom is -0.382 e. The van der Waals surface area contributed by atoms with Gasteiger partial charge in [-0.2, -0.15) is 0 Å². The van der Waals surface area contributed by atoms with E-state index >= 15 is 0 Å². The van der Waals surface area contributed by atoms with E-state index in [1.165, 1.54) is 45.6 Å². The van der Waals surface area contributed by atoms with Gasteiger partial charge in [0, 0.05) is 45.9 Å². The molecular formula is C13H26N2O2. The molecule has 0 spiro atoms. The van der Waals surface area contributed by atoms with Gasteiger partial charge in [-0.05, 0) is 25.8 Å². The second-order valence-corrected chi connectivity index (χ2v) is 5.09. The van der Waals surface area contributed by atoms with E-state index in [4.69, 9.17) is 9.47 Å². The van der Waals surface area contributed by atoms with Crippen LogP contribution in [0.5, 0.6) is 0 Å². The van der Waals surface area contributed by atoms with Crippen LogP contribution in [0.3, 0.4) is 0 Å². The van der Waals surface area contributed by atoms with Gasteiger partial charge in [0.25, 0.3) is 0 Å².